The number of rotatable bonds is 5. The maximum Gasteiger partial charge on any atom is 0.258 e. The summed E-state index contributed by atoms with van der Waals surface area (Å²) < 4.78 is 15.4. The Balaban J connectivity index is 2.30. The zero-order valence-electron chi connectivity index (χ0n) is 11.1. The van der Waals surface area contributed by atoms with E-state index in [1.165, 1.54) is 13.2 Å². The molecule has 1 aromatic carbocycles. The lowest BCUT2D eigenvalue weighted by atomic mass is 10.2. The van der Waals surface area contributed by atoms with Crippen LogP contribution in [0.25, 0.3) is 11.5 Å². The first-order chi connectivity index (χ1) is 9.19. The van der Waals surface area contributed by atoms with Gasteiger partial charge in [0.15, 0.2) is 11.5 Å². The molecular weight excluding hydrogens is 248 g/mol. The van der Waals surface area contributed by atoms with Gasteiger partial charge in [0.05, 0.1) is 7.11 Å². The highest BCUT2D eigenvalue weighted by atomic mass is 16.5. The summed E-state index contributed by atoms with van der Waals surface area (Å²) in [6, 6.07) is 4.90. The Morgan fingerprint density at radius 3 is 2.74 bits per heavy atom. The molecule has 1 aromatic heterocycles. The van der Waals surface area contributed by atoms with Crippen molar-refractivity contribution in [3.8, 4) is 23.0 Å². The van der Waals surface area contributed by atoms with Gasteiger partial charge in [-0.05, 0) is 24.6 Å². The van der Waals surface area contributed by atoms with Crippen molar-refractivity contribution < 1.29 is 19.1 Å². The smallest absolute Gasteiger partial charge is 0.258 e. The molecule has 1 unspecified atom stereocenters. The fourth-order valence-electron chi connectivity index (χ4n) is 1.76. The molecule has 0 spiro atoms. The zero-order valence-corrected chi connectivity index (χ0v) is 11.1. The number of ether oxygens (including phenoxy) is 2. The third-order valence-electron chi connectivity index (χ3n) is 2.81. The van der Waals surface area contributed by atoms with Crippen LogP contribution < -0.4 is 4.74 Å². The minimum atomic E-state index is -0.190. The maximum absolute atomic E-state index is 9.72. The van der Waals surface area contributed by atoms with Crippen molar-refractivity contribution in [3.63, 3.8) is 0 Å². The van der Waals surface area contributed by atoms with Crippen LogP contribution in [-0.4, -0.2) is 29.5 Å². The lowest BCUT2D eigenvalue weighted by Gasteiger charge is -2.06. The van der Waals surface area contributed by atoms with Crippen LogP contribution in [0.15, 0.2) is 22.7 Å². The third kappa shape index (κ3) is 2.68. The predicted octanol–water partition coefficient (Wildman–Crippen LogP) is 2.55. The first-order valence-electron chi connectivity index (χ1n) is 5.93. The van der Waals surface area contributed by atoms with Gasteiger partial charge in [-0.15, -0.1) is 0 Å². The molecule has 0 aliphatic carbocycles. The van der Waals surface area contributed by atoms with Gasteiger partial charge in [0, 0.05) is 12.7 Å². The summed E-state index contributed by atoms with van der Waals surface area (Å²) in [4.78, 5) is 4.26. The number of benzene rings is 1. The highest BCUT2D eigenvalue weighted by molar-refractivity contribution is 5.59. The molecule has 6 heteroatoms. The Bertz CT molecular complexity index is 549. The first kappa shape index (κ1) is 13.4. The molecule has 0 bridgehead atoms. The Labute approximate surface area is 111 Å². The summed E-state index contributed by atoms with van der Waals surface area (Å²) >= 11 is 0. The molecule has 19 heavy (non-hydrogen) atoms. The Morgan fingerprint density at radius 1 is 1.37 bits per heavy atom. The molecular formula is C13H16N2O4. The number of hydrogen-bond acceptors (Lipinski definition) is 6. The number of phenols is 1. The van der Waals surface area contributed by atoms with Gasteiger partial charge in [0.25, 0.3) is 5.89 Å². The Kier molecular flexibility index (Phi) is 4.01. The average Bonchev–Trinajstić information content (AvgIpc) is 2.90. The van der Waals surface area contributed by atoms with E-state index in [1.54, 1.807) is 19.2 Å². The minimum Gasteiger partial charge on any atom is -0.504 e. The van der Waals surface area contributed by atoms with E-state index in [0.29, 0.717) is 23.0 Å². The fraction of sp³-hybridized carbons (Fsp3) is 0.385. The second-order valence-electron chi connectivity index (χ2n) is 3.98. The van der Waals surface area contributed by atoms with Gasteiger partial charge in [0.2, 0.25) is 5.82 Å². The standard InChI is InChI=1S/C13H16N2O4/c1-4-10(17-2)12-14-13(19-15-12)8-5-6-11(18-3)9(16)7-8/h5-7,10,16H,4H2,1-3H3. The van der Waals surface area contributed by atoms with Gasteiger partial charge < -0.3 is 19.1 Å². The second kappa shape index (κ2) is 5.71. The largest absolute Gasteiger partial charge is 0.504 e. The van der Waals surface area contributed by atoms with Crippen molar-refractivity contribution in [2.75, 3.05) is 14.2 Å². The normalized spacial score (nSPS) is 12.4. The van der Waals surface area contributed by atoms with Gasteiger partial charge in [0.1, 0.15) is 6.10 Å². The van der Waals surface area contributed by atoms with Crippen molar-refractivity contribution in [1.82, 2.24) is 10.1 Å². The van der Waals surface area contributed by atoms with Crippen LogP contribution in [-0.2, 0) is 4.74 Å². The molecule has 0 aliphatic heterocycles. The van der Waals surface area contributed by atoms with Gasteiger partial charge in [-0.2, -0.15) is 4.98 Å². The molecule has 1 N–H and O–H groups in total. The lowest BCUT2D eigenvalue weighted by Crippen LogP contribution is -2.01. The van der Waals surface area contributed by atoms with E-state index >= 15 is 0 Å². The summed E-state index contributed by atoms with van der Waals surface area (Å²) in [7, 11) is 3.09. The van der Waals surface area contributed by atoms with Crippen molar-refractivity contribution in [2.45, 2.75) is 19.4 Å². The topological polar surface area (TPSA) is 77.6 Å². The van der Waals surface area contributed by atoms with Gasteiger partial charge in [-0.25, -0.2) is 0 Å². The second-order valence-corrected chi connectivity index (χ2v) is 3.98. The van der Waals surface area contributed by atoms with E-state index in [4.69, 9.17) is 14.0 Å². The van der Waals surface area contributed by atoms with Crippen LogP contribution in [0, 0.1) is 0 Å². The van der Waals surface area contributed by atoms with E-state index in [0.717, 1.165) is 6.42 Å². The zero-order chi connectivity index (χ0) is 13.8. The fourth-order valence-corrected chi connectivity index (χ4v) is 1.76. The summed E-state index contributed by atoms with van der Waals surface area (Å²) in [5.41, 5.74) is 0.628. The Hall–Kier alpha value is -2.08. The maximum atomic E-state index is 9.72. The van der Waals surface area contributed by atoms with Gasteiger partial charge in [-0.1, -0.05) is 12.1 Å². The number of methoxy groups -OCH3 is 2. The van der Waals surface area contributed by atoms with Crippen LogP contribution in [0.4, 0.5) is 0 Å². The number of phenolic OH excluding ortho intramolecular Hbond substituents is 1. The highest BCUT2D eigenvalue weighted by Gasteiger charge is 2.17. The lowest BCUT2D eigenvalue weighted by molar-refractivity contribution is 0.0903. The number of nitrogens with zero attached hydrogens (tertiary/aromatic N) is 2. The SMILES string of the molecule is CCC(OC)c1noc(-c2ccc(OC)c(O)c2)n1. The molecule has 2 rings (SSSR count). The summed E-state index contributed by atoms with van der Waals surface area (Å²) in [6.45, 7) is 1.98. The van der Waals surface area contributed by atoms with Crippen molar-refractivity contribution in [3.05, 3.63) is 24.0 Å². The van der Waals surface area contributed by atoms with Crippen molar-refractivity contribution in [1.29, 1.82) is 0 Å². The van der Waals surface area contributed by atoms with Gasteiger partial charge >= 0.3 is 0 Å². The molecule has 6 nitrogen and oxygen atoms in total. The first-order valence-corrected chi connectivity index (χ1v) is 5.93. The van der Waals surface area contributed by atoms with E-state index in [1.807, 2.05) is 6.92 Å². The summed E-state index contributed by atoms with van der Waals surface area (Å²) in [5.74, 6) is 1.25. The van der Waals surface area contributed by atoms with Crippen LogP contribution in [0.3, 0.4) is 0 Å². The predicted molar refractivity (Wildman–Crippen MR) is 68.0 cm³/mol. The van der Waals surface area contributed by atoms with E-state index in [9.17, 15) is 5.11 Å². The molecule has 0 saturated heterocycles. The molecule has 0 saturated carbocycles. The van der Waals surface area contributed by atoms with E-state index in [-0.39, 0.29) is 11.9 Å². The number of aromatic nitrogens is 2. The molecule has 0 radical (unpaired) electrons. The molecule has 0 fully saturated rings. The average molecular weight is 264 g/mol. The third-order valence-corrected chi connectivity index (χ3v) is 2.81. The van der Waals surface area contributed by atoms with Crippen molar-refractivity contribution >= 4 is 0 Å². The molecule has 0 amide bonds. The van der Waals surface area contributed by atoms with Gasteiger partial charge in [-0.3, -0.25) is 0 Å². The molecule has 1 atom stereocenters. The van der Waals surface area contributed by atoms with E-state index in [2.05, 4.69) is 10.1 Å². The quantitative estimate of drug-likeness (QED) is 0.894. The highest BCUT2D eigenvalue weighted by Crippen LogP contribution is 2.31. The minimum absolute atomic E-state index is 0.0264. The summed E-state index contributed by atoms with van der Waals surface area (Å²) in [5, 5.41) is 13.6. The van der Waals surface area contributed by atoms with Crippen molar-refractivity contribution in [2.24, 2.45) is 0 Å². The Morgan fingerprint density at radius 2 is 2.16 bits per heavy atom. The molecule has 1 heterocycles. The molecule has 2 aromatic rings. The number of aromatic hydroxyl groups is 1. The monoisotopic (exact) mass is 264 g/mol. The molecule has 0 aliphatic rings. The van der Waals surface area contributed by atoms with Crippen LogP contribution in [0.2, 0.25) is 0 Å². The summed E-state index contributed by atoms with van der Waals surface area (Å²) in [6.07, 6.45) is 0.563. The van der Waals surface area contributed by atoms with Crippen LogP contribution in [0.5, 0.6) is 11.5 Å². The van der Waals surface area contributed by atoms with Crippen LogP contribution >= 0.6 is 0 Å². The molecule has 102 valence electrons. The van der Waals surface area contributed by atoms with E-state index < -0.39 is 0 Å². The van der Waals surface area contributed by atoms with Crippen LogP contribution in [0.1, 0.15) is 25.3 Å². The number of hydrogen-bond donors (Lipinski definition) is 1.